The van der Waals surface area contributed by atoms with E-state index in [0.717, 1.165) is 5.69 Å². The number of nitrogens with one attached hydrogen (secondary N) is 1. The van der Waals surface area contributed by atoms with Gasteiger partial charge < -0.3 is 0 Å². The Bertz CT molecular complexity index is 692. The Balaban J connectivity index is 1.86. The van der Waals surface area contributed by atoms with Crippen LogP contribution in [0, 0.1) is 6.92 Å². The molecule has 0 aliphatic rings. The van der Waals surface area contributed by atoms with Crippen molar-refractivity contribution in [1.29, 1.82) is 0 Å². The summed E-state index contributed by atoms with van der Waals surface area (Å²) >= 11 is 11.6. The molecule has 2 aromatic rings. The van der Waals surface area contributed by atoms with E-state index in [-0.39, 0.29) is 4.90 Å². The molecule has 0 unspecified atom stereocenters. The van der Waals surface area contributed by atoms with Crippen LogP contribution in [0.25, 0.3) is 0 Å². The molecule has 0 amide bonds. The van der Waals surface area contributed by atoms with Gasteiger partial charge in [-0.1, -0.05) is 23.2 Å². The molecule has 21 heavy (non-hydrogen) atoms. The van der Waals surface area contributed by atoms with E-state index in [4.69, 9.17) is 23.2 Å². The molecule has 0 fully saturated rings. The second-order valence-corrected chi connectivity index (χ2v) is 7.14. The topological polar surface area (TPSA) is 64.0 Å². The molecular formula is C13H15Cl2N3O2S. The fourth-order valence-corrected chi connectivity index (χ4v) is 3.10. The Morgan fingerprint density at radius 1 is 1.24 bits per heavy atom. The van der Waals surface area contributed by atoms with Crippen LogP contribution in [-0.4, -0.2) is 24.7 Å². The van der Waals surface area contributed by atoms with Gasteiger partial charge in [0, 0.05) is 24.3 Å². The van der Waals surface area contributed by atoms with Crippen LogP contribution in [0.4, 0.5) is 0 Å². The molecule has 0 bridgehead atoms. The van der Waals surface area contributed by atoms with Crippen molar-refractivity contribution in [1.82, 2.24) is 14.5 Å². The zero-order valence-electron chi connectivity index (χ0n) is 11.4. The van der Waals surface area contributed by atoms with E-state index in [1.807, 2.05) is 6.92 Å². The summed E-state index contributed by atoms with van der Waals surface area (Å²) in [6, 6.07) is 6.04. The number of halogens is 2. The lowest BCUT2D eigenvalue weighted by molar-refractivity contribution is 0.551. The number of hydrogen-bond acceptors (Lipinski definition) is 3. The Morgan fingerprint density at radius 3 is 2.48 bits per heavy atom. The molecule has 114 valence electrons. The molecule has 0 saturated heterocycles. The quantitative estimate of drug-likeness (QED) is 0.817. The highest BCUT2D eigenvalue weighted by Gasteiger charge is 2.12. The van der Waals surface area contributed by atoms with E-state index in [9.17, 15) is 8.42 Å². The maximum absolute atomic E-state index is 12.0. The highest BCUT2D eigenvalue weighted by molar-refractivity contribution is 7.89. The van der Waals surface area contributed by atoms with Gasteiger partial charge in [-0.2, -0.15) is 5.10 Å². The summed E-state index contributed by atoms with van der Waals surface area (Å²) in [7, 11) is -3.50. The van der Waals surface area contributed by atoms with Crippen LogP contribution in [0.3, 0.4) is 0 Å². The highest BCUT2D eigenvalue weighted by atomic mass is 35.5. The van der Waals surface area contributed by atoms with Crippen molar-refractivity contribution in [2.75, 3.05) is 6.54 Å². The fourth-order valence-electron chi connectivity index (χ4n) is 1.75. The molecule has 1 heterocycles. The fraction of sp³-hybridized carbons (Fsp3) is 0.308. The van der Waals surface area contributed by atoms with Gasteiger partial charge in [-0.3, -0.25) is 4.68 Å². The van der Waals surface area contributed by atoms with Crippen LogP contribution >= 0.6 is 23.2 Å². The molecule has 1 aromatic heterocycles. The van der Waals surface area contributed by atoms with Crippen LogP contribution < -0.4 is 4.72 Å². The van der Waals surface area contributed by atoms with Crippen molar-refractivity contribution in [3.8, 4) is 0 Å². The molecule has 1 N–H and O–H groups in total. The summed E-state index contributed by atoms with van der Waals surface area (Å²) in [5.41, 5.74) is 0.762. The summed E-state index contributed by atoms with van der Waals surface area (Å²) in [5.74, 6) is 0. The first kappa shape index (κ1) is 16.3. The second-order valence-electron chi connectivity index (χ2n) is 4.53. The third kappa shape index (κ3) is 4.44. The van der Waals surface area contributed by atoms with Crippen molar-refractivity contribution >= 4 is 33.2 Å². The molecule has 0 saturated carbocycles. The van der Waals surface area contributed by atoms with E-state index in [1.165, 1.54) is 12.1 Å². The largest absolute Gasteiger partial charge is 0.271 e. The molecule has 0 atom stereocenters. The van der Waals surface area contributed by atoms with Gasteiger partial charge in [-0.05, 0) is 37.6 Å². The van der Waals surface area contributed by atoms with Crippen LogP contribution in [0.5, 0.6) is 0 Å². The SMILES string of the molecule is Cc1nn(CCCNS(=O)(=O)c2ccc(Cl)cc2)cc1Cl. The number of aryl methyl sites for hydroxylation is 2. The van der Waals surface area contributed by atoms with Gasteiger partial charge in [0.25, 0.3) is 0 Å². The van der Waals surface area contributed by atoms with E-state index in [1.54, 1.807) is 23.0 Å². The lowest BCUT2D eigenvalue weighted by Crippen LogP contribution is -2.25. The Hall–Kier alpha value is -1.08. The summed E-state index contributed by atoms with van der Waals surface area (Å²) in [6.07, 6.45) is 2.34. The van der Waals surface area contributed by atoms with Gasteiger partial charge in [0.1, 0.15) is 0 Å². The molecule has 8 heteroatoms. The molecule has 0 aliphatic carbocycles. The van der Waals surface area contributed by atoms with Crippen molar-refractivity contribution in [2.45, 2.75) is 24.8 Å². The summed E-state index contributed by atoms with van der Waals surface area (Å²) in [5, 5.41) is 5.31. The van der Waals surface area contributed by atoms with E-state index in [2.05, 4.69) is 9.82 Å². The number of benzene rings is 1. The number of nitrogens with zero attached hydrogens (tertiary/aromatic N) is 2. The van der Waals surface area contributed by atoms with Gasteiger partial charge in [-0.25, -0.2) is 13.1 Å². The first-order chi connectivity index (χ1) is 9.88. The zero-order chi connectivity index (χ0) is 15.5. The lowest BCUT2D eigenvalue weighted by Gasteiger charge is -2.07. The normalized spacial score (nSPS) is 11.8. The number of aromatic nitrogens is 2. The number of rotatable bonds is 6. The van der Waals surface area contributed by atoms with E-state index in [0.29, 0.717) is 29.6 Å². The van der Waals surface area contributed by atoms with Crippen molar-refractivity contribution in [3.63, 3.8) is 0 Å². The predicted molar refractivity (Wildman–Crippen MR) is 83.2 cm³/mol. The molecule has 0 spiro atoms. The molecule has 0 radical (unpaired) electrons. The summed E-state index contributed by atoms with van der Waals surface area (Å²) in [4.78, 5) is 0.199. The monoisotopic (exact) mass is 347 g/mol. The maximum Gasteiger partial charge on any atom is 0.240 e. The minimum Gasteiger partial charge on any atom is -0.271 e. The summed E-state index contributed by atoms with van der Waals surface area (Å²) < 4.78 is 28.3. The van der Waals surface area contributed by atoms with Crippen LogP contribution in [0.1, 0.15) is 12.1 Å². The number of hydrogen-bond donors (Lipinski definition) is 1. The van der Waals surface area contributed by atoms with Crippen LogP contribution in [-0.2, 0) is 16.6 Å². The third-order valence-electron chi connectivity index (χ3n) is 2.87. The first-order valence-electron chi connectivity index (χ1n) is 6.33. The van der Waals surface area contributed by atoms with Gasteiger partial charge in [0.2, 0.25) is 10.0 Å². The average molecular weight is 348 g/mol. The van der Waals surface area contributed by atoms with Crippen molar-refractivity contribution in [3.05, 3.63) is 46.2 Å². The molecular weight excluding hydrogens is 333 g/mol. The maximum atomic E-state index is 12.0. The van der Waals surface area contributed by atoms with E-state index < -0.39 is 10.0 Å². The minimum absolute atomic E-state index is 0.199. The standard InChI is InChI=1S/C13H15Cl2N3O2S/c1-10-13(15)9-18(17-10)8-2-7-16-21(19,20)12-5-3-11(14)4-6-12/h3-6,9,16H,2,7-8H2,1H3. The first-order valence-corrected chi connectivity index (χ1v) is 8.57. The second kappa shape index (κ2) is 6.79. The van der Waals surface area contributed by atoms with Crippen molar-refractivity contribution in [2.24, 2.45) is 0 Å². The van der Waals surface area contributed by atoms with Crippen molar-refractivity contribution < 1.29 is 8.42 Å². The molecule has 2 rings (SSSR count). The average Bonchev–Trinajstić information content (AvgIpc) is 2.74. The molecule has 1 aromatic carbocycles. The van der Waals surface area contributed by atoms with Gasteiger partial charge in [-0.15, -0.1) is 0 Å². The predicted octanol–water partition coefficient (Wildman–Crippen LogP) is 2.87. The van der Waals surface area contributed by atoms with Gasteiger partial charge >= 0.3 is 0 Å². The lowest BCUT2D eigenvalue weighted by atomic mass is 10.4. The van der Waals surface area contributed by atoms with E-state index >= 15 is 0 Å². The molecule has 5 nitrogen and oxygen atoms in total. The summed E-state index contributed by atoms with van der Waals surface area (Å²) in [6.45, 7) is 2.74. The van der Waals surface area contributed by atoms with Gasteiger partial charge in [0.05, 0.1) is 15.6 Å². The minimum atomic E-state index is -3.50. The third-order valence-corrected chi connectivity index (χ3v) is 4.97. The Labute approximate surface area is 133 Å². The van der Waals surface area contributed by atoms with Crippen LogP contribution in [0.2, 0.25) is 10.0 Å². The molecule has 0 aliphatic heterocycles. The Kier molecular flexibility index (Phi) is 5.27. The van der Waals surface area contributed by atoms with Crippen LogP contribution in [0.15, 0.2) is 35.4 Å². The van der Waals surface area contributed by atoms with Gasteiger partial charge in [0.15, 0.2) is 0 Å². The number of sulfonamides is 1. The smallest absolute Gasteiger partial charge is 0.240 e. The zero-order valence-corrected chi connectivity index (χ0v) is 13.7. The highest BCUT2D eigenvalue weighted by Crippen LogP contribution is 2.14. The Morgan fingerprint density at radius 2 is 1.90 bits per heavy atom.